The fourth-order valence-electron chi connectivity index (χ4n) is 4.60. The number of phosphoric acid groups is 1. The lowest BCUT2D eigenvalue weighted by Crippen LogP contribution is -2.37. The van der Waals surface area contributed by atoms with Crippen LogP contribution in [0.1, 0.15) is 149 Å². The van der Waals surface area contributed by atoms with Gasteiger partial charge in [-0.05, 0) is 12.8 Å². The van der Waals surface area contributed by atoms with Crippen LogP contribution in [0.2, 0.25) is 0 Å². The molecule has 256 valence electrons. The molecule has 0 aliphatic heterocycles. The first-order valence-corrected chi connectivity index (χ1v) is 18.8. The van der Waals surface area contributed by atoms with Gasteiger partial charge in [0.25, 0.3) is 0 Å². The number of carbonyl (C=O) groups is 2. The van der Waals surface area contributed by atoms with Crippen molar-refractivity contribution in [3.8, 4) is 0 Å². The molecule has 1 N–H and O–H groups in total. The minimum atomic E-state index is -4.35. The number of unbranched alkanes of at least 4 members (excludes halogenated alkanes) is 17. The van der Waals surface area contributed by atoms with Crippen LogP contribution in [0, 0.1) is 0 Å². The van der Waals surface area contributed by atoms with E-state index in [0.29, 0.717) is 17.4 Å². The molecule has 0 aliphatic rings. The number of carbonyl (C=O) groups excluding carboxylic acids is 2. The highest BCUT2D eigenvalue weighted by Gasteiger charge is 2.27. The number of quaternary nitrogens is 1. The van der Waals surface area contributed by atoms with E-state index in [9.17, 15) is 19.0 Å². The molecular weight excluding hydrogens is 569 g/mol. The Kier molecular flexibility index (Phi) is 26.7. The van der Waals surface area contributed by atoms with Crippen molar-refractivity contribution in [1.29, 1.82) is 0 Å². The molecule has 0 aromatic rings. The average molecular weight is 637 g/mol. The molecule has 0 rings (SSSR count). The number of hydrogen-bond acceptors (Lipinski definition) is 7. The molecule has 2 unspecified atom stereocenters. The molecule has 0 heterocycles. The normalized spacial score (nSPS) is 13.9. The van der Waals surface area contributed by atoms with Gasteiger partial charge in [-0.25, -0.2) is 4.57 Å². The second kappa shape index (κ2) is 27.3. The van der Waals surface area contributed by atoms with Crippen molar-refractivity contribution >= 4 is 19.8 Å². The van der Waals surface area contributed by atoms with E-state index in [0.717, 1.165) is 44.9 Å². The molecule has 0 saturated carbocycles. The van der Waals surface area contributed by atoms with Crippen LogP contribution in [-0.2, 0) is 32.7 Å². The molecule has 0 fully saturated rings. The van der Waals surface area contributed by atoms with Crippen LogP contribution in [0.5, 0.6) is 0 Å². The Balaban J connectivity index is 4.36. The number of likely N-dealkylation sites (N-methyl/N-ethyl adjacent to an activating group) is 1. The van der Waals surface area contributed by atoms with E-state index in [1.807, 2.05) is 21.1 Å². The molecule has 43 heavy (non-hydrogen) atoms. The van der Waals surface area contributed by atoms with E-state index in [1.54, 1.807) is 0 Å². The van der Waals surface area contributed by atoms with Crippen LogP contribution >= 0.6 is 7.82 Å². The van der Waals surface area contributed by atoms with E-state index in [-0.39, 0.29) is 32.0 Å². The van der Waals surface area contributed by atoms with Gasteiger partial charge < -0.3 is 18.9 Å². The zero-order chi connectivity index (χ0) is 32.2. The van der Waals surface area contributed by atoms with Crippen LogP contribution in [0.25, 0.3) is 0 Å². The third kappa shape index (κ3) is 30.8. The lowest BCUT2D eigenvalue weighted by Gasteiger charge is -2.24. The second-order valence-corrected chi connectivity index (χ2v) is 14.4. The van der Waals surface area contributed by atoms with E-state index < -0.39 is 26.5 Å². The van der Waals surface area contributed by atoms with Gasteiger partial charge in [-0.15, -0.1) is 0 Å². The Morgan fingerprint density at radius 2 is 1.05 bits per heavy atom. The Morgan fingerprint density at radius 1 is 0.628 bits per heavy atom. The van der Waals surface area contributed by atoms with Crippen molar-refractivity contribution in [2.45, 2.75) is 155 Å². The molecule has 10 heteroatoms. The van der Waals surface area contributed by atoms with E-state index in [4.69, 9.17) is 18.5 Å². The van der Waals surface area contributed by atoms with Crippen LogP contribution in [0.4, 0.5) is 0 Å². The zero-order valence-corrected chi connectivity index (χ0v) is 29.3. The lowest BCUT2D eigenvalue weighted by atomic mass is 10.0. The van der Waals surface area contributed by atoms with Crippen molar-refractivity contribution in [2.24, 2.45) is 0 Å². The van der Waals surface area contributed by atoms with Crippen molar-refractivity contribution in [1.82, 2.24) is 0 Å². The first-order valence-electron chi connectivity index (χ1n) is 17.3. The lowest BCUT2D eigenvalue weighted by molar-refractivity contribution is -0.870. The molecule has 9 nitrogen and oxygen atoms in total. The fourth-order valence-corrected chi connectivity index (χ4v) is 5.34. The maximum atomic E-state index is 12.5. The number of rotatable bonds is 31. The third-order valence-electron chi connectivity index (χ3n) is 7.39. The van der Waals surface area contributed by atoms with Crippen LogP contribution < -0.4 is 0 Å². The number of nitrogens with zero attached hydrogens (tertiary/aromatic N) is 1. The van der Waals surface area contributed by atoms with Gasteiger partial charge in [-0.1, -0.05) is 123 Å². The largest absolute Gasteiger partial charge is 0.472 e. The second-order valence-electron chi connectivity index (χ2n) is 12.9. The van der Waals surface area contributed by atoms with Gasteiger partial charge in [0.1, 0.15) is 19.8 Å². The van der Waals surface area contributed by atoms with Gasteiger partial charge in [0.2, 0.25) is 0 Å². The third-order valence-corrected chi connectivity index (χ3v) is 8.37. The van der Waals surface area contributed by atoms with Gasteiger partial charge in [-0.2, -0.15) is 0 Å². The van der Waals surface area contributed by atoms with Crippen molar-refractivity contribution in [3.63, 3.8) is 0 Å². The fraction of sp³-hybridized carbons (Fsp3) is 0.939. The molecule has 0 aromatic carbocycles. The number of phosphoric ester groups is 1. The molecule has 0 saturated heterocycles. The Hall–Kier alpha value is -0.990. The van der Waals surface area contributed by atoms with E-state index >= 15 is 0 Å². The van der Waals surface area contributed by atoms with Crippen LogP contribution in [0.15, 0.2) is 0 Å². The summed E-state index contributed by atoms with van der Waals surface area (Å²) in [6, 6.07) is 0. The van der Waals surface area contributed by atoms with Crippen LogP contribution in [-0.4, -0.2) is 74.9 Å². The number of ether oxygens (including phenoxy) is 2. The van der Waals surface area contributed by atoms with Crippen LogP contribution in [0.3, 0.4) is 0 Å². The molecule has 0 amide bonds. The number of hydrogen-bond donors (Lipinski definition) is 1. The molecule has 0 bridgehead atoms. The summed E-state index contributed by atoms with van der Waals surface area (Å²) in [7, 11) is 1.48. The maximum absolute atomic E-state index is 12.5. The summed E-state index contributed by atoms with van der Waals surface area (Å²) in [4.78, 5) is 34.8. The number of esters is 2. The van der Waals surface area contributed by atoms with Crippen molar-refractivity contribution in [3.05, 3.63) is 0 Å². The van der Waals surface area contributed by atoms with E-state index in [1.165, 1.54) is 70.6 Å². The quantitative estimate of drug-likeness (QED) is 0.0349. The SMILES string of the molecule is CCCCCCCCCCCCCCCCC(=O)OC(COC(=O)CCCCCCC)COP(=O)(O)OCC[N+](C)(C)C. The standard InChI is InChI=1S/C33H66NO8P/c1-6-8-10-12-13-14-15-16-17-18-19-20-22-24-26-33(36)42-31(29-39-32(35)25-23-21-11-9-7-2)30-41-43(37,38)40-28-27-34(3,4)5/h31H,6-30H2,1-5H3/p+1. The van der Waals surface area contributed by atoms with Crippen molar-refractivity contribution < 1.29 is 42.1 Å². The Labute approximate surface area is 264 Å². The summed E-state index contributed by atoms with van der Waals surface area (Å²) >= 11 is 0. The predicted octanol–water partition coefficient (Wildman–Crippen LogP) is 8.51. The molecule has 2 atom stereocenters. The molecule has 0 spiro atoms. The van der Waals surface area contributed by atoms with E-state index in [2.05, 4.69) is 13.8 Å². The molecule has 0 radical (unpaired) electrons. The smallest absolute Gasteiger partial charge is 0.462 e. The van der Waals surface area contributed by atoms with Gasteiger partial charge in [0.05, 0.1) is 27.7 Å². The minimum absolute atomic E-state index is 0.0356. The molecule has 0 aromatic heterocycles. The summed E-state index contributed by atoms with van der Waals surface area (Å²) in [6.07, 6.45) is 21.9. The molecule has 0 aliphatic carbocycles. The summed E-state index contributed by atoms with van der Waals surface area (Å²) in [5.74, 6) is -0.808. The van der Waals surface area contributed by atoms with Gasteiger partial charge in [0.15, 0.2) is 6.10 Å². The van der Waals surface area contributed by atoms with Gasteiger partial charge >= 0.3 is 19.8 Å². The summed E-state index contributed by atoms with van der Waals surface area (Å²) in [5, 5.41) is 0. The zero-order valence-electron chi connectivity index (χ0n) is 28.5. The van der Waals surface area contributed by atoms with Gasteiger partial charge in [-0.3, -0.25) is 18.6 Å². The highest BCUT2D eigenvalue weighted by molar-refractivity contribution is 7.47. The Bertz CT molecular complexity index is 728. The average Bonchev–Trinajstić information content (AvgIpc) is 2.93. The first kappa shape index (κ1) is 42.0. The minimum Gasteiger partial charge on any atom is -0.462 e. The molecular formula is C33H67NO8P+. The highest BCUT2D eigenvalue weighted by Crippen LogP contribution is 2.43. The first-order chi connectivity index (χ1) is 20.5. The highest BCUT2D eigenvalue weighted by atomic mass is 31.2. The monoisotopic (exact) mass is 636 g/mol. The summed E-state index contributed by atoms with van der Waals surface area (Å²) in [6.45, 7) is 4.32. The summed E-state index contributed by atoms with van der Waals surface area (Å²) in [5.41, 5.74) is 0. The van der Waals surface area contributed by atoms with Crippen molar-refractivity contribution in [2.75, 3.05) is 47.5 Å². The maximum Gasteiger partial charge on any atom is 0.472 e. The Morgan fingerprint density at radius 3 is 1.49 bits per heavy atom. The predicted molar refractivity (Wildman–Crippen MR) is 174 cm³/mol. The topological polar surface area (TPSA) is 108 Å². The summed E-state index contributed by atoms with van der Waals surface area (Å²) < 4.78 is 33.9. The van der Waals surface area contributed by atoms with Gasteiger partial charge in [0, 0.05) is 12.8 Å².